The van der Waals surface area contributed by atoms with Crippen LogP contribution in [-0.2, 0) is 0 Å². The van der Waals surface area contributed by atoms with Crippen molar-refractivity contribution in [1.82, 2.24) is 0 Å². The second-order valence-corrected chi connectivity index (χ2v) is 5.47. The fraction of sp³-hybridized carbons (Fsp3) is 0.167. The van der Waals surface area contributed by atoms with E-state index in [9.17, 15) is 20.2 Å². The molecular formula is C18H18N4O4. The summed E-state index contributed by atoms with van der Waals surface area (Å²) in [6.45, 7) is 2.04. The van der Waals surface area contributed by atoms with Crippen LogP contribution in [0.2, 0.25) is 0 Å². The second kappa shape index (κ2) is 9.07. The molecule has 0 amide bonds. The van der Waals surface area contributed by atoms with Gasteiger partial charge in [0.15, 0.2) is 0 Å². The SMILES string of the molecule is CCCC(C=NNc1ccc([N+](=O)[O-])cc1[N+](=O)[O-])=Cc1ccccc1. The number of non-ortho nitro benzene ring substituents is 1. The van der Waals surface area contributed by atoms with Crippen LogP contribution in [0.1, 0.15) is 25.3 Å². The second-order valence-electron chi connectivity index (χ2n) is 5.47. The maximum absolute atomic E-state index is 11.1. The first kappa shape index (κ1) is 18.8. The molecule has 0 aliphatic carbocycles. The zero-order chi connectivity index (χ0) is 18.9. The third-order valence-corrected chi connectivity index (χ3v) is 3.49. The van der Waals surface area contributed by atoms with E-state index in [2.05, 4.69) is 10.5 Å². The topological polar surface area (TPSA) is 111 Å². The molecule has 1 N–H and O–H groups in total. The number of anilines is 1. The molecule has 134 valence electrons. The van der Waals surface area contributed by atoms with E-state index in [0.717, 1.165) is 30.0 Å². The largest absolute Gasteiger partial charge is 0.301 e. The molecule has 2 aromatic rings. The molecule has 0 saturated heterocycles. The number of allylic oxidation sites excluding steroid dienone is 1. The molecule has 0 aliphatic heterocycles. The van der Waals surface area contributed by atoms with Gasteiger partial charge in [0.1, 0.15) is 5.69 Å². The van der Waals surface area contributed by atoms with Gasteiger partial charge in [-0.1, -0.05) is 49.8 Å². The molecule has 0 atom stereocenters. The minimum Gasteiger partial charge on any atom is -0.272 e. The van der Waals surface area contributed by atoms with Crippen LogP contribution in [0.3, 0.4) is 0 Å². The first-order valence-electron chi connectivity index (χ1n) is 7.98. The van der Waals surface area contributed by atoms with Crippen LogP contribution in [0.5, 0.6) is 0 Å². The van der Waals surface area contributed by atoms with E-state index in [1.807, 2.05) is 43.3 Å². The van der Waals surface area contributed by atoms with Crippen LogP contribution in [0.25, 0.3) is 6.08 Å². The Kier molecular flexibility index (Phi) is 6.55. The van der Waals surface area contributed by atoms with Crippen LogP contribution in [0.4, 0.5) is 17.1 Å². The Balaban J connectivity index is 2.21. The molecule has 26 heavy (non-hydrogen) atoms. The number of benzene rings is 2. The summed E-state index contributed by atoms with van der Waals surface area (Å²) in [7, 11) is 0. The van der Waals surface area contributed by atoms with Gasteiger partial charge in [-0.3, -0.25) is 25.7 Å². The van der Waals surface area contributed by atoms with E-state index in [1.165, 1.54) is 12.1 Å². The summed E-state index contributed by atoms with van der Waals surface area (Å²) >= 11 is 0. The minimum atomic E-state index is -0.683. The number of nitro groups is 2. The predicted octanol–water partition coefficient (Wildman–Crippen LogP) is 4.78. The highest BCUT2D eigenvalue weighted by Gasteiger charge is 2.19. The number of hydrazone groups is 1. The summed E-state index contributed by atoms with van der Waals surface area (Å²) < 4.78 is 0. The molecule has 0 spiro atoms. The Bertz CT molecular complexity index is 848. The molecule has 0 heterocycles. The average Bonchev–Trinajstić information content (AvgIpc) is 2.62. The van der Waals surface area contributed by atoms with Crippen LogP contribution >= 0.6 is 0 Å². The summed E-state index contributed by atoms with van der Waals surface area (Å²) in [5, 5.41) is 25.9. The Morgan fingerprint density at radius 3 is 2.46 bits per heavy atom. The van der Waals surface area contributed by atoms with Gasteiger partial charge in [-0.15, -0.1) is 0 Å². The highest BCUT2D eigenvalue weighted by molar-refractivity contribution is 5.86. The van der Waals surface area contributed by atoms with E-state index in [-0.39, 0.29) is 11.4 Å². The fourth-order valence-electron chi connectivity index (χ4n) is 2.29. The van der Waals surface area contributed by atoms with E-state index in [1.54, 1.807) is 6.21 Å². The molecular weight excluding hydrogens is 336 g/mol. The van der Waals surface area contributed by atoms with E-state index in [4.69, 9.17) is 0 Å². The fourth-order valence-corrected chi connectivity index (χ4v) is 2.29. The molecule has 0 radical (unpaired) electrons. The van der Waals surface area contributed by atoms with Crippen molar-refractivity contribution < 1.29 is 9.85 Å². The quantitative estimate of drug-likeness (QED) is 0.416. The van der Waals surface area contributed by atoms with Crippen molar-refractivity contribution in [3.05, 3.63) is 79.9 Å². The molecule has 0 unspecified atom stereocenters. The van der Waals surface area contributed by atoms with Gasteiger partial charge in [0.05, 0.1) is 22.1 Å². The average molecular weight is 354 g/mol. The predicted molar refractivity (Wildman–Crippen MR) is 101 cm³/mol. The van der Waals surface area contributed by atoms with Crippen molar-refractivity contribution in [1.29, 1.82) is 0 Å². The van der Waals surface area contributed by atoms with Gasteiger partial charge in [0.2, 0.25) is 0 Å². The Morgan fingerprint density at radius 2 is 1.85 bits per heavy atom. The third kappa shape index (κ3) is 5.23. The van der Waals surface area contributed by atoms with Crippen molar-refractivity contribution in [2.24, 2.45) is 5.10 Å². The zero-order valence-corrected chi connectivity index (χ0v) is 14.2. The lowest BCUT2D eigenvalue weighted by molar-refractivity contribution is -0.393. The van der Waals surface area contributed by atoms with Gasteiger partial charge >= 0.3 is 5.69 Å². The van der Waals surface area contributed by atoms with Crippen molar-refractivity contribution in [2.45, 2.75) is 19.8 Å². The smallest absolute Gasteiger partial charge is 0.272 e. The van der Waals surface area contributed by atoms with Gasteiger partial charge in [-0.25, -0.2) is 0 Å². The highest BCUT2D eigenvalue weighted by atomic mass is 16.6. The number of nitro benzene ring substituents is 2. The molecule has 0 saturated carbocycles. The Hall–Kier alpha value is -3.55. The standard InChI is InChI=1S/C18H18N4O4/c1-2-6-15(11-14-7-4-3-5-8-14)13-19-20-17-10-9-16(21(23)24)12-18(17)22(25)26/h3-5,7-13,20H,2,6H2,1H3. The van der Waals surface area contributed by atoms with Crippen LogP contribution in [0.15, 0.2) is 59.2 Å². The summed E-state index contributed by atoms with van der Waals surface area (Å²) in [4.78, 5) is 20.5. The van der Waals surface area contributed by atoms with E-state index < -0.39 is 15.5 Å². The molecule has 0 aromatic heterocycles. The minimum absolute atomic E-state index is 0.0902. The normalized spacial score (nSPS) is 11.5. The maximum atomic E-state index is 11.1. The number of hydrogen-bond acceptors (Lipinski definition) is 6. The lowest BCUT2D eigenvalue weighted by atomic mass is 10.1. The van der Waals surface area contributed by atoms with Gasteiger partial charge < -0.3 is 0 Å². The molecule has 8 heteroatoms. The van der Waals surface area contributed by atoms with Gasteiger partial charge in [-0.2, -0.15) is 5.10 Å². The highest BCUT2D eigenvalue weighted by Crippen LogP contribution is 2.28. The molecule has 8 nitrogen and oxygen atoms in total. The van der Waals surface area contributed by atoms with Gasteiger partial charge in [0.25, 0.3) is 5.69 Å². The molecule has 0 aliphatic rings. The summed E-state index contributed by atoms with van der Waals surface area (Å²) in [5.41, 5.74) is 3.93. The first-order valence-corrected chi connectivity index (χ1v) is 7.98. The third-order valence-electron chi connectivity index (χ3n) is 3.49. The Morgan fingerprint density at radius 1 is 1.12 bits per heavy atom. The van der Waals surface area contributed by atoms with Crippen molar-refractivity contribution in [3.8, 4) is 0 Å². The zero-order valence-electron chi connectivity index (χ0n) is 14.2. The van der Waals surface area contributed by atoms with Crippen molar-refractivity contribution >= 4 is 29.4 Å². The number of rotatable bonds is 8. The van der Waals surface area contributed by atoms with Gasteiger partial charge in [-0.05, 0) is 23.6 Å². The molecule has 0 fully saturated rings. The molecule has 2 rings (SSSR count). The van der Waals surface area contributed by atoms with Gasteiger partial charge in [0, 0.05) is 6.07 Å². The van der Waals surface area contributed by atoms with Crippen LogP contribution in [-0.4, -0.2) is 16.1 Å². The summed E-state index contributed by atoms with van der Waals surface area (Å²) in [6, 6.07) is 13.1. The molecule has 0 bridgehead atoms. The van der Waals surface area contributed by atoms with E-state index >= 15 is 0 Å². The first-order chi connectivity index (χ1) is 12.5. The van der Waals surface area contributed by atoms with Crippen molar-refractivity contribution in [2.75, 3.05) is 5.43 Å². The number of nitrogens with one attached hydrogen (secondary N) is 1. The summed E-state index contributed by atoms with van der Waals surface area (Å²) in [6.07, 6.45) is 5.30. The van der Waals surface area contributed by atoms with E-state index in [0.29, 0.717) is 0 Å². The lowest BCUT2D eigenvalue weighted by Crippen LogP contribution is -1.99. The Labute approximate surface area is 150 Å². The molecule has 2 aromatic carbocycles. The lowest BCUT2D eigenvalue weighted by Gasteiger charge is -2.03. The number of hydrogen-bond donors (Lipinski definition) is 1. The van der Waals surface area contributed by atoms with Crippen LogP contribution < -0.4 is 5.43 Å². The van der Waals surface area contributed by atoms with Crippen LogP contribution in [0, 0.1) is 20.2 Å². The maximum Gasteiger partial charge on any atom is 0.301 e. The summed E-state index contributed by atoms with van der Waals surface area (Å²) in [5.74, 6) is 0. The monoisotopic (exact) mass is 354 g/mol. The number of nitrogens with zero attached hydrogens (tertiary/aromatic N) is 3. The van der Waals surface area contributed by atoms with Crippen molar-refractivity contribution in [3.63, 3.8) is 0 Å².